The molecule has 0 aliphatic heterocycles. The van der Waals surface area contributed by atoms with Crippen molar-refractivity contribution < 1.29 is 4.74 Å². The molecule has 0 bridgehead atoms. The Morgan fingerprint density at radius 3 is 2.70 bits per heavy atom. The summed E-state index contributed by atoms with van der Waals surface area (Å²) in [5.41, 5.74) is 9.85. The van der Waals surface area contributed by atoms with Gasteiger partial charge in [-0.1, -0.05) is 34.1 Å². The van der Waals surface area contributed by atoms with Gasteiger partial charge in [0.1, 0.15) is 5.75 Å². The van der Waals surface area contributed by atoms with Crippen molar-refractivity contribution in [3.8, 4) is 5.75 Å². The van der Waals surface area contributed by atoms with Crippen molar-refractivity contribution in [3.63, 3.8) is 0 Å². The molecule has 0 aromatic heterocycles. The molecule has 2 nitrogen and oxygen atoms in total. The van der Waals surface area contributed by atoms with Crippen LogP contribution >= 0.6 is 15.9 Å². The third-order valence-electron chi connectivity index (χ3n) is 3.61. The minimum atomic E-state index is -0.120. The highest BCUT2D eigenvalue weighted by atomic mass is 79.9. The van der Waals surface area contributed by atoms with Gasteiger partial charge in [0.15, 0.2) is 0 Å². The maximum atomic E-state index is 6.41. The Kier molecular flexibility index (Phi) is 3.81. The Morgan fingerprint density at radius 1 is 1.20 bits per heavy atom. The fourth-order valence-corrected chi connectivity index (χ4v) is 2.80. The Morgan fingerprint density at radius 2 is 2.00 bits per heavy atom. The Balaban J connectivity index is 1.86. The lowest BCUT2D eigenvalue weighted by Gasteiger charge is -2.16. The third-order valence-corrected chi connectivity index (χ3v) is 4.10. The highest BCUT2D eigenvalue weighted by molar-refractivity contribution is 9.10. The molecule has 1 fully saturated rings. The average molecular weight is 332 g/mol. The van der Waals surface area contributed by atoms with E-state index in [1.165, 1.54) is 18.4 Å². The number of rotatable bonds is 4. The Hall–Kier alpha value is -1.32. The van der Waals surface area contributed by atoms with Crippen molar-refractivity contribution >= 4 is 15.9 Å². The van der Waals surface area contributed by atoms with Gasteiger partial charge in [-0.2, -0.15) is 0 Å². The largest absolute Gasteiger partial charge is 0.490 e. The molecule has 104 valence electrons. The first-order chi connectivity index (χ1) is 9.63. The molecular formula is C17H18BrNO. The van der Waals surface area contributed by atoms with Crippen molar-refractivity contribution in [2.75, 3.05) is 0 Å². The minimum absolute atomic E-state index is 0.120. The summed E-state index contributed by atoms with van der Waals surface area (Å²) in [7, 11) is 0. The van der Waals surface area contributed by atoms with Crippen LogP contribution in [0, 0.1) is 6.92 Å². The van der Waals surface area contributed by atoms with Gasteiger partial charge < -0.3 is 10.5 Å². The van der Waals surface area contributed by atoms with Crippen molar-refractivity contribution in [2.24, 2.45) is 5.73 Å². The summed E-state index contributed by atoms with van der Waals surface area (Å²) in [5, 5.41) is 0. The molecular weight excluding hydrogens is 314 g/mol. The fraction of sp³-hybridized carbons (Fsp3) is 0.294. The van der Waals surface area contributed by atoms with E-state index in [0.717, 1.165) is 21.3 Å². The molecule has 1 atom stereocenters. The van der Waals surface area contributed by atoms with Crippen LogP contribution in [0.2, 0.25) is 0 Å². The number of aryl methyl sites for hydroxylation is 1. The van der Waals surface area contributed by atoms with Crippen molar-refractivity contribution in [1.82, 2.24) is 0 Å². The summed E-state index contributed by atoms with van der Waals surface area (Å²) in [6.07, 6.45) is 2.75. The highest BCUT2D eigenvalue weighted by Gasteiger charge is 2.23. The zero-order valence-electron chi connectivity index (χ0n) is 11.5. The number of halogens is 1. The SMILES string of the molecule is Cc1cc(Br)ccc1C(N)c1cccc(OC2CC2)c1. The van der Waals surface area contributed by atoms with Crippen LogP contribution < -0.4 is 10.5 Å². The van der Waals surface area contributed by atoms with Gasteiger partial charge in [-0.3, -0.25) is 0 Å². The summed E-state index contributed by atoms with van der Waals surface area (Å²) >= 11 is 3.49. The van der Waals surface area contributed by atoms with Crippen LogP contribution in [-0.4, -0.2) is 6.10 Å². The number of ether oxygens (including phenoxy) is 1. The van der Waals surface area contributed by atoms with Gasteiger partial charge in [-0.05, 0) is 60.7 Å². The molecule has 3 heteroatoms. The van der Waals surface area contributed by atoms with Gasteiger partial charge >= 0.3 is 0 Å². The van der Waals surface area contributed by atoms with E-state index in [9.17, 15) is 0 Å². The van der Waals surface area contributed by atoms with E-state index in [-0.39, 0.29) is 6.04 Å². The van der Waals surface area contributed by atoms with Gasteiger partial charge in [0.05, 0.1) is 12.1 Å². The summed E-state index contributed by atoms with van der Waals surface area (Å²) < 4.78 is 6.92. The lowest BCUT2D eigenvalue weighted by molar-refractivity contribution is 0.303. The van der Waals surface area contributed by atoms with Crippen LogP contribution in [0.5, 0.6) is 5.75 Å². The molecule has 1 unspecified atom stereocenters. The maximum Gasteiger partial charge on any atom is 0.120 e. The molecule has 1 saturated carbocycles. The second kappa shape index (κ2) is 5.58. The maximum absolute atomic E-state index is 6.41. The van der Waals surface area contributed by atoms with Gasteiger partial charge in [-0.15, -0.1) is 0 Å². The standard InChI is InChI=1S/C17H18BrNO/c1-11-9-13(18)5-8-16(11)17(19)12-3-2-4-15(10-12)20-14-6-7-14/h2-5,8-10,14,17H,6-7,19H2,1H3. The molecule has 0 amide bonds. The molecule has 1 aliphatic rings. The van der Waals surface area contributed by atoms with E-state index in [0.29, 0.717) is 6.10 Å². The van der Waals surface area contributed by atoms with Crippen LogP contribution in [0.15, 0.2) is 46.9 Å². The first-order valence-electron chi connectivity index (χ1n) is 6.92. The summed E-state index contributed by atoms with van der Waals surface area (Å²) in [4.78, 5) is 0. The predicted octanol–water partition coefficient (Wildman–Crippen LogP) is 4.35. The first kappa shape index (κ1) is 13.7. The monoisotopic (exact) mass is 331 g/mol. The minimum Gasteiger partial charge on any atom is -0.490 e. The zero-order chi connectivity index (χ0) is 14.1. The van der Waals surface area contributed by atoms with Crippen LogP contribution in [0.4, 0.5) is 0 Å². The smallest absolute Gasteiger partial charge is 0.120 e. The lowest BCUT2D eigenvalue weighted by Crippen LogP contribution is -2.13. The van der Waals surface area contributed by atoms with E-state index in [1.54, 1.807) is 0 Å². The number of nitrogens with two attached hydrogens (primary N) is 1. The molecule has 2 aromatic carbocycles. The van der Waals surface area contributed by atoms with E-state index in [2.05, 4.69) is 47.1 Å². The van der Waals surface area contributed by atoms with Gasteiger partial charge in [0.2, 0.25) is 0 Å². The fourth-order valence-electron chi connectivity index (χ4n) is 2.33. The van der Waals surface area contributed by atoms with Crippen LogP contribution in [0.3, 0.4) is 0 Å². The van der Waals surface area contributed by atoms with Crippen molar-refractivity contribution in [1.29, 1.82) is 0 Å². The second-order valence-corrected chi connectivity index (χ2v) is 6.28. The molecule has 0 heterocycles. The van der Waals surface area contributed by atoms with E-state index in [1.807, 2.05) is 18.2 Å². The molecule has 1 aliphatic carbocycles. The van der Waals surface area contributed by atoms with Crippen LogP contribution in [0.25, 0.3) is 0 Å². The topological polar surface area (TPSA) is 35.2 Å². The molecule has 20 heavy (non-hydrogen) atoms. The molecule has 0 radical (unpaired) electrons. The van der Waals surface area contributed by atoms with E-state index in [4.69, 9.17) is 10.5 Å². The van der Waals surface area contributed by atoms with E-state index >= 15 is 0 Å². The Labute approximate surface area is 128 Å². The molecule has 0 saturated heterocycles. The molecule has 0 spiro atoms. The summed E-state index contributed by atoms with van der Waals surface area (Å²) in [6.45, 7) is 2.09. The Bertz CT molecular complexity index is 622. The average Bonchev–Trinajstić information content (AvgIpc) is 3.22. The second-order valence-electron chi connectivity index (χ2n) is 5.37. The quantitative estimate of drug-likeness (QED) is 0.904. The third kappa shape index (κ3) is 3.05. The van der Waals surface area contributed by atoms with Gasteiger partial charge in [0, 0.05) is 4.47 Å². The summed E-state index contributed by atoms with van der Waals surface area (Å²) in [5.74, 6) is 0.926. The van der Waals surface area contributed by atoms with Gasteiger partial charge in [0.25, 0.3) is 0 Å². The molecule has 2 N–H and O–H groups in total. The van der Waals surface area contributed by atoms with Crippen LogP contribution in [-0.2, 0) is 0 Å². The highest BCUT2D eigenvalue weighted by Crippen LogP contribution is 2.30. The van der Waals surface area contributed by atoms with Crippen LogP contribution in [0.1, 0.15) is 35.6 Å². The normalized spacial score (nSPS) is 15.9. The molecule has 2 aromatic rings. The first-order valence-corrected chi connectivity index (χ1v) is 7.71. The van der Waals surface area contributed by atoms with Gasteiger partial charge in [-0.25, -0.2) is 0 Å². The number of hydrogen-bond acceptors (Lipinski definition) is 2. The van der Waals surface area contributed by atoms with E-state index < -0.39 is 0 Å². The zero-order valence-corrected chi connectivity index (χ0v) is 13.1. The number of benzene rings is 2. The predicted molar refractivity (Wildman–Crippen MR) is 85.0 cm³/mol. The van der Waals surface area contributed by atoms with Crippen molar-refractivity contribution in [2.45, 2.75) is 31.9 Å². The lowest BCUT2D eigenvalue weighted by atomic mass is 9.96. The number of hydrogen-bond donors (Lipinski definition) is 1. The summed E-state index contributed by atoms with van der Waals surface area (Å²) in [6, 6.07) is 14.2. The molecule has 3 rings (SSSR count). The van der Waals surface area contributed by atoms with Crippen molar-refractivity contribution in [3.05, 3.63) is 63.6 Å².